The number of imidazole rings is 1. The molecule has 3 heterocycles. The molecule has 0 aliphatic carbocycles. The van der Waals surface area contributed by atoms with Crippen molar-refractivity contribution in [2.45, 2.75) is 0 Å². The first-order valence-electron chi connectivity index (χ1n) is 13.7. The molecule has 4 heteroatoms. The normalized spacial score (nSPS) is 11.9. The van der Waals surface area contributed by atoms with Gasteiger partial charge < -0.3 is 8.83 Å². The van der Waals surface area contributed by atoms with Crippen molar-refractivity contribution in [2.24, 2.45) is 0 Å². The predicted octanol–water partition coefficient (Wildman–Crippen LogP) is 10.2. The lowest BCUT2D eigenvalue weighted by atomic mass is 9.98. The molecule has 0 saturated carbocycles. The van der Waals surface area contributed by atoms with Crippen molar-refractivity contribution in [3.05, 3.63) is 133 Å². The third-order valence-corrected chi connectivity index (χ3v) is 8.00. The molecule has 0 amide bonds. The first kappa shape index (κ1) is 22.2. The summed E-state index contributed by atoms with van der Waals surface area (Å²) in [5, 5.41) is 4.36. The smallest absolute Gasteiger partial charge is 0.147 e. The summed E-state index contributed by atoms with van der Waals surface area (Å²) in [6.45, 7) is 0. The van der Waals surface area contributed by atoms with E-state index < -0.39 is 0 Å². The van der Waals surface area contributed by atoms with Gasteiger partial charge in [0.1, 0.15) is 28.2 Å². The van der Waals surface area contributed by atoms with E-state index in [-0.39, 0.29) is 0 Å². The minimum Gasteiger partial charge on any atom is -0.455 e. The van der Waals surface area contributed by atoms with Gasteiger partial charge in [0.25, 0.3) is 0 Å². The predicted molar refractivity (Wildman–Crippen MR) is 166 cm³/mol. The Morgan fingerprint density at radius 2 is 1.10 bits per heavy atom. The number of hydrogen-bond donors (Lipinski definition) is 0. The molecule has 0 aliphatic heterocycles. The van der Waals surface area contributed by atoms with Crippen molar-refractivity contribution < 1.29 is 8.83 Å². The molecule has 9 rings (SSSR count). The van der Waals surface area contributed by atoms with Gasteiger partial charge in [-0.25, -0.2) is 4.98 Å². The van der Waals surface area contributed by atoms with Gasteiger partial charge in [0, 0.05) is 32.8 Å². The Kier molecular flexibility index (Phi) is 4.58. The summed E-state index contributed by atoms with van der Waals surface area (Å²) in [4.78, 5) is 5.05. The topological polar surface area (TPSA) is 44.1 Å². The summed E-state index contributed by atoms with van der Waals surface area (Å²) in [5.74, 6) is 0.903. The van der Waals surface area contributed by atoms with Gasteiger partial charge in [-0.2, -0.15) is 0 Å². The quantitative estimate of drug-likeness (QED) is 0.230. The van der Waals surface area contributed by atoms with E-state index in [1.807, 2.05) is 36.4 Å². The molecule has 0 bridgehead atoms. The van der Waals surface area contributed by atoms with Crippen LogP contribution in [0.25, 0.3) is 83.1 Å². The highest BCUT2D eigenvalue weighted by molar-refractivity contribution is 6.22. The molecule has 0 radical (unpaired) electrons. The Morgan fingerprint density at radius 1 is 0.488 bits per heavy atom. The van der Waals surface area contributed by atoms with Gasteiger partial charge in [-0.05, 0) is 48.0 Å². The lowest BCUT2D eigenvalue weighted by Gasteiger charge is -2.12. The number of nitrogens with zero attached hydrogens (tertiary/aromatic N) is 2. The number of furan rings is 2. The summed E-state index contributed by atoms with van der Waals surface area (Å²) >= 11 is 0. The zero-order valence-corrected chi connectivity index (χ0v) is 21.9. The van der Waals surface area contributed by atoms with Crippen molar-refractivity contribution in [3.63, 3.8) is 0 Å². The van der Waals surface area contributed by atoms with Crippen molar-refractivity contribution in [3.8, 4) is 28.2 Å². The van der Waals surface area contributed by atoms with Crippen LogP contribution in [-0.2, 0) is 0 Å². The monoisotopic (exact) mass is 526 g/mol. The molecule has 3 aromatic heterocycles. The molecule has 41 heavy (non-hydrogen) atoms. The maximum atomic E-state index is 6.56. The first-order chi connectivity index (χ1) is 20.3. The number of fused-ring (bicyclic) bond motifs is 7. The SMILES string of the molecule is c1ccc(-c2nc3ccccc3n2-c2cccc(-c3c4oc5ccccc5c4cc4c3oc3ccccc34)c2)cc1. The number of rotatable bonds is 3. The molecule has 0 N–H and O–H groups in total. The van der Waals surface area contributed by atoms with Crippen LogP contribution in [0.5, 0.6) is 0 Å². The average molecular weight is 527 g/mol. The van der Waals surface area contributed by atoms with Crippen LogP contribution in [0.3, 0.4) is 0 Å². The van der Waals surface area contributed by atoms with E-state index >= 15 is 0 Å². The molecule has 0 spiro atoms. The van der Waals surface area contributed by atoms with Crippen LogP contribution in [0.15, 0.2) is 142 Å². The highest BCUT2D eigenvalue weighted by Crippen LogP contribution is 2.44. The zero-order chi connectivity index (χ0) is 26.9. The minimum atomic E-state index is 0.827. The molecule has 9 aromatic rings. The first-order valence-corrected chi connectivity index (χ1v) is 13.7. The van der Waals surface area contributed by atoms with Gasteiger partial charge in [-0.3, -0.25) is 4.57 Å². The van der Waals surface area contributed by atoms with Crippen LogP contribution < -0.4 is 0 Å². The van der Waals surface area contributed by atoms with Gasteiger partial charge in [0.2, 0.25) is 0 Å². The zero-order valence-electron chi connectivity index (χ0n) is 21.9. The van der Waals surface area contributed by atoms with Crippen molar-refractivity contribution in [1.82, 2.24) is 9.55 Å². The maximum Gasteiger partial charge on any atom is 0.147 e. The molecule has 0 fully saturated rings. The van der Waals surface area contributed by atoms with Crippen molar-refractivity contribution in [1.29, 1.82) is 0 Å². The lowest BCUT2D eigenvalue weighted by Crippen LogP contribution is -1.98. The Labute approximate surface area is 234 Å². The van der Waals surface area contributed by atoms with E-state index in [4.69, 9.17) is 13.8 Å². The Morgan fingerprint density at radius 3 is 1.83 bits per heavy atom. The minimum absolute atomic E-state index is 0.827. The van der Waals surface area contributed by atoms with E-state index in [1.165, 1.54) is 0 Å². The number of para-hydroxylation sites is 4. The van der Waals surface area contributed by atoms with Gasteiger partial charge >= 0.3 is 0 Å². The second kappa shape index (κ2) is 8.44. The molecule has 6 aromatic carbocycles. The summed E-state index contributed by atoms with van der Waals surface area (Å²) < 4.78 is 15.4. The van der Waals surface area contributed by atoms with Gasteiger partial charge in [-0.1, -0.05) is 91.0 Å². The van der Waals surface area contributed by atoms with Crippen LogP contribution in [0.4, 0.5) is 0 Å². The van der Waals surface area contributed by atoms with Crippen molar-refractivity contribution in [2.75, 3.05) is 0 Å². The van der Waals surface area contributed by atoms with Crippen LogP contribution in [0.2, 0.25) is 0 Å². The maximum absolute atomic E-state index is 6.56. The van der Waals surface area contributed by atoms with Crippen LogP contribution >= 0.6 is 0 Å². The standard InChI is InChI=1S/C37H22N2O2/c1-2-11-23(12-3-1)37-38-30-17-6-7-18-31(30)39(37)25-14-10-13-24(21-25)34-35-28(26-15-4-8-19-32(26)40-35)22-29-27-16-5-9-20-33(27)41-36(29)34/h1-22H. The Bertz CT molecular complexity index is 2340. The van der Waals surface area contributed by atoms with E-state index in [9.17, 15) is 0 Å². The number of aromatic nitrogens is 2. The Balaban J connectivity index is 1.38. The molecule has 0 atom stereocenters. The summed E-state index contributed by atoms with van der Waals surface area (Å²) in [7, 11) is 0. The molecule has 0 unspecified atom stereocenters. The van der Waals surface area contributed by atoms with Crippen LogP contribution in [0.1, 0.15) is 0 Å². The molecule has 192 valence electrons. The second-order valence-corrected chi connectivity index (χ2v) is 10.4. The second-order valence-electron chi connectivity index (χ2n) is 10.4. The van der Waals surface area contributed by atoms with E-state index in [1.54, 1.807) is 0 Å². The van der Waals surface area contributed by atoms with Gasteiger partial charge in [-0.15, -0.1) is 0 Å². The fraction of sp³-hybridized carbons (Fsp3) is 0. The van der Waals surface area contributed by atoms with Crippen molar-refractivity contribution >= 4 is 54.9 Å². The summed E-state index contributed by atoms with van der Waals surface area (Å²) in [6.07, 6.45) is 0. The van der Waals surface area contributed by atoms with Crippen LogP contribution in [-0.4, -0.2) is 9.55 Å². The van der Waals surface area contributed by atoms with E-state index in [0.717, 1.165) is 83.1 Å². The third-order valence-electron chi connectivity index (χ3n) is 8.00. The molecule has 4 nitrogen and oxygen atoms in total. The largest absolute Gasteiger partial charge is 0.455 e. The van der Waals surface area contributed by atoms with Gasteiger partial charge in [0.15, 0.2) is 0 Å². The lowest BCUT2D eigenvalue weighted by molar-refractivity contribution is 0.658. The highest BCUT2D eigenvalue weighted by Gasteiger charge is 2.22. The van der Waals surface area contributed by atoms with E-state index in [2.05, 4.69) is 102 Å². The average Bonchev–Trinajstić information content (AvgIpc) is 3.72. The van der Waals surface area contributed by atoms with Gasteiger partial charge in [0.05, 0.1) is 16.6 Å². The number of hydrogen-bond acceptors (Lipinski definition) is 3. The summed E-state index contributed by atoms with van der Waals surface area (Å²) in [6, 6.07) is 45.9. The molecular weight excluding hydrogens is 504 g/mol. The van der Waals surface area contributed by atoms with Crippen LogP contribution in [0, 0.1) is 0 Å². The molecular formula is C37H22N2O2. The number of benzene rings is 6. The fourth-order valence-corrected chi connectivity index (χ4v) is 6.17. The van der Waals surface area contributed by atoms with E-state index in [0.29, 0.717) is 0 Å². The molecule has 0 aliphatic rings. The third kappa shape index (κ3) is 3.25. The highest BCUT2D eigenvalue weighted by atomic mass is 16.3. The summed E-state index contributed by atoms with van der Waals surface area (Å²) in [5.41, 5.74) is 9.45. The Hall–Kier alpha value is -5.61. The molecule has 0 saturated heterocycles. The fourth-order valence-electron chi connectivity index (χ4n) is 6.17.